The van der Waals surface area contributed by atoms with Crippen molar-refractivity contribution in [3.8, 4) is 11.1 Å². The number of halogens is 3. The fraction of sp³-hybridized carbons (Fsp3) is 0.333. The van der Waals surface area contributed by atoms with Crippen LogP contribution < -0.4 is 11.1 Å². The third kappa shape index (κ3) is 5.86. The summed E-state index contributed by atoms with van der Waals surface area (Å²) in [6, 6.07) is 9.84. The molecule has 1 fully saturated rings. The van der Waals surface area contributed by atoms with Crippen molar-refractivity contribution in [2.24, 2.45) is 5.73 Å². The largest absolute Gasteiger partial charge is 0.349 e. The van der Waals surface area contributed by atoms with E-state index in [0.717, 1.165) is 36.8 Å². The molecule has 1 amide bonds. The number of rotatable bonds is 3. The van der Waals surface area contributed by atoms with Crippen molar-refractivity contribution in [3.05, 3.63) is 53.3 Å². The third-order valence-electron chi connectivity index (χ3n) is 4.29. The maximum absolute atomic E-state index is 12.4. The van der Waals surface area contributed by atoms with Crippen molar-refractivity contribution in [1.29, 1.82) is 0 Å². The highest BCUT2D eigenvalue weighted by Crippen LogP contribution is 2.22. The zero-order valence-electron chi connectivity index (χ0n) is 13.7. The maximum atomic E-state index is 12.4. The van der Waals surface area contributed by atoms with Crippen LogP contribution in [0.4, 0.5) is 0 Å². The highest BCUT2D eigenvalue weighted by Gasteiger charge is 2.20. The average Bonchev–Trinajstić information content (AvgIpc) is 2.58. The molecule has 1 saturated carbocycles. The number of nitrogens with zero attached hydrogens (tertiary/aromatic N) is 1. The Labute approximate surface area is 165 Å². The second kappa shape index (κ2) is 9.97. The molecule has 3 N–H and O–H groups in total. The summed E-state index contributed by atoms with van der Waals surface area (Å²) in [5, 5.41) is 3.77. The molecule has 0 spiro atoms. The highest BCUT2D eigenvalue weighted by atomic mass is 35.5. The molecule has 4 nitrogen and oxygen atoms in total. The molecule has 1 heterocycles. The Bertz CT molecular complexity index is 686. The molecule has 136 valence electrons. The number of nitrogens with one attached hydrogen (secondary N) is 1. The van der Waals surface area contributed by atoms with Crippen LogP contribution in [0.2, 0.25) is 5.02 Å². The quantitative estimate of drug-likeness (QED) is 0.806. The van der Waals surface area contributed by atoms with E-state index in [4.69, 9.17) is 17.3 Å². The summed E-state index contributed by atoms with van der Waals surface area (Å²) in [4.78, 5) is 16.6. The summed E-state index contributed by atoms with van der Waals surface area (Å²) in [7, 11) is 0. The van der Waals surface area contributed by atoms with Gasteiger partial charge in [-0.25, -0.2) is 0 Å². The van der Waals surface area contributed by atoms with Crippen molar-refractivity contribution >= 4 is 42.3 Å². The molecule has 7 heteroatoms. The first-order chi connectivity index (χ1) is 11.1. The Balaban J connectivity index is 0.00000156. The minimum absolute atomic E-state index is 0. The summed E-state index contributed by atoms with van der Waals surface area (Å²) in [5.41, 5.74) is 8.37. The molecule has 0 atom stereocenters. The molecular formula is C18H22Cl3N3O. The minimum Gasteiger partial charge on any atom is -0.349 e. The number of amides is 1. The number of hydrogen-bond acceptors (Lipinski definition) is 3. The van der Waals surface area contributed by atoms with Crippen LogP contribution in [-0.2, 0) is 0 Å². The molecule has 0 bridgehead atoms. The van der Waals surface area contributed by atoms with E-state index in [1.807, 2.05) is 30.3 Å². The lowest BCUT2D eigenvalue weighted by Gasteiger charge is -2.26. The van der Waals surface area contributed by atoms with Crippen LogP contribution in [0, 0.1) is 0 Å². The third-order valence-corrected chi connectivity index (χ3v) is 4.54. The summed E-state index contributed by atoms with van der Waals surface area (Å²) >= 11 is 5.91. The lowest BCUT2D eigenvalue weighted by atomic mass is 9.91. The second-order valence-corrected chi connectivity index (χ2v) is 6.49. The second-order valence-electron chi connectivity index (χ2n) is 6.05. The zero-order valence-corrected chi connectivity index (χ0v) is 16.0. The lowest BCUT2D eigenvalue weighted by molar-refractivity contribution is 0.0925. The first-order valence-corrected chi connectivity index (χ1v) is 8.27. The summed E-state index contributed by atoms with van der Waals surface area (Å²) in [6.07, 6.45) is 7.17. The molecule has 2 aromatic rings. The Morgan fingerprint density at radius 2 is 1.68 bits per heavy atom. The monoisotopic (exact) mass is 401 g/mol. The van der Waals surface area contributed by atoms with E-state index in [1.165, 1.54) is 0 Å². The van der Waals surface area contributed by atoms with Gasteiger partial charge in [-0.05, 0) is 49.4 Å². The lowest BCUT2D eigenvalue weighted by Crippen LogP contribution is -2.40. The van der Waals surface area contributed by atoms with Crippen molar-refractivity contribution in [3.63, 3.8) is 0 Å². The molecule has 0 unspecified atom stereocenters. The number of aromatic nitrogens is 1. The van der Waals surface area contributed by atoms with Crippen LogP contribution in [0.5, 0.6) is 0 Å². The molecular weight excluding hydrogens is 381 g/mol. The van der Waals surface area contributed by atoms with Gasteiger partial charge in [0.2, 0.25) is 0 Å². The van der Waals surface area contributed by atoms with Crippen molar-refractivity contribution in [2.75, 3.05) is 0 Å². The number of carbonyl (C=O) groups excluding carboxylic acids is 1. The van der Waals surface area contributed by atoms with Gasteiger partial charge in [0.05, 0.1) is 5.56 Å². The van der Waals surface area contributed by atoms with Crippen LogP contribution in [0.25, 0.3) is 11.1 Å². The number of benzene rings is 1. The molecule has 1 aliphatic carbocycles. The average molecular weight is 403 g/mol. The Morgan fingerprint density at radius 3 is 2.32 bits per heavy atom. The van der Waals surface area contributed by atoms with Crippen molar-refractivity contribution < 1.29 is 4.79 Å². The smallest absolute Gasteiger partial charge is 0.253 e. The first-order valence-electron chi connectivity index (χ1n) is 7.89. The van der Waals surface area contributed by atoms with Gasteiger partial charge in [0.1, 0.15) is 0 Å². The van der Waals surface area contributed by atoms with Crippen LogP contribution in [0.1, 0.15) is 36.0 Å². The SMILES string of the molecule is Cl.Cl.NC1CCC(NC(=O)c2cncc(-c3ccc(Cl)cc3)c2)CC1. The highest BCUT2D eigenvalue weighted by molar-refractivity contribution is 6.30. The normalized spacial score (nSPS) is 19.3. The van der Waals surface area contributed by atoms with E-state index in [-0.39, 0.29) is 42.8 Å². The van der Waals surface area contributed by atoms with E-state index >= 15 is 0 Å². The molecule has 0 radical (unpaired) electrons. The van der Waals surface area contributed by atoms with Gasteiger partial charge in [-0.3, -0.25) is 9.78 Å². The predicted molar refractivity (Wildman–Crippen MR) is 107 cm³/mol. The number of hydrogen-bond donors (Lipinski definition) is 2. The zero-order chi connectivity index (χ0) is 16.2. The molecule has 3 rings (SSSR count). The summed E-state index contributed by atoms with van der Waals surface area (Å²) in [6.45, 7) is 0. The van der Waals surface area contributed by atoms with Gasteiger partial charge < -0.3 is 11.1 Å². The van der Waals surface area contributed by atoms with Crippen LogP contribution in [0.15, 0.2) is 42.7 Å². The van der Waals surface area contributed by atoms with Crippen molar-refractivity contribution in [2.45, 2.75) is 37.8 Å². The van der Waals surface area contributed by atoms with E-state index < -0.39 is 0 Å². The van der Waals surface area contributed by atoms with Gasteiger partial charge in [-0.2, -0.15) is 0 Å². The maximum Gasteiger partial charge on any atom is 0.253 e. The Morgan fingerprint density at radius 1 is 1.04 bits per heavy atom. The Kier molecular flexibility index (Phi) is 8.66. The van der Waals surface area contributed by atoms with Gasteiger partial charge in [0, 0.05) is 35.1 Å². The standard InChI is InChI=1S/C18H20ClN3O.2ClH/c19-15-3-1-12(2-4-15)13-9-14(11-21-10-13)18(23)22-17-7-5-16(20)6-8-17;;/h1-4,9-11,16-17H,5-8,20H2,(H,22,23);2*1H. The van der Waals surface area contributed by atoms with E-state index in [0.29, 0.717) is 10.6 Å². The fourth-order valence-electron chi connectivity index (χ4n) is 2.90. The van der Waals surface area contributed by atoms with Crippen molar-refractivity contribution in [1.82, 2.24) is 10.3 Å². The van der Waals surface area contributed by atoms with Gasteiger partial charge in [0.15, 0.2) is 0 Å². The molecule has 0 aliphatic heterocycles. The topological polar surface area (TPSA) is 68.0 Å². The van der Waals surface area contributed by atoms with Crippen LogP contribution >= 0.6 is 36.4 Å². The summed E-state index contributed by atoms with van der Waals surface area (Å²) in [5.74, 6) is -0.0752. The van der Waals surface area contributed by atoms with Crippen LogP contribution in [-0.4, -0.2) is 23.0 Å². The Hall–Kier alpha value is -1.33. The minimum atomic E-state index is -0.0752. The fourth-order valence-corrected chi connectivity index (χ4v) is 3.02. The molecule has 25 heavy (non-hydrogen) atoms. The van der Waals surface area contributed by atoms with Gasteiger partial charge >= 0.3 is 0 Å². The molecule has 1 aliphatic rings. The number of pyridine rings is 1. The number of nitrogens with two attached hydrogens (primary N) is 1. The predicted octanol–water partition coefficient (Wildman–Crippen LogP) is 4.25. The van der Waals surface area contributed by atoms with Gasteiger partial charge in [-0.15, -0.1) is 24.8 Å². The summed E-state index contributed by atoms with van der Waals surface area (Å²) < 4.78 is 0. The van der Waals surface area contributed by atoms with E-state index in [1.54, 1.807) is 12.4 Å². The van der Waals surface area contributed by atoms with E-state index in [9.17, 15) is 4.79 Å². The molecule has 1 aromatic carbocycles. The molecule has 0 saturated heterocycles. The first kappa shape index (κ1) is 21.7. The van der Waals surface area contributed by atoms with Crippen LogP contribution in [0.3, 0.4) is 0 Å². The molecule has 1 aromatic heterocycles. The van der Waals surface area contributed by atoms with Gasteiger partial charge in [-0.1, -0.05) is 23.7 Å². The van der Waals surface area contributed by atoms with Gasteiger partial charge in [0.25, 0.3) is 5.91 Å². The van der Waals surface area contributed by atoms with E-state index in [2.05, 4.69) is 10.3 Å². The number of carbonyl (C=O) groups is 1.